The molecule has 0 unspecified atom stereocenters. The van der Waals surface area contributed by atoms with Crippen LogP contribution < -0.4 is 10.9 Å². The number of H-pyrrole nitrogens is 1. The number of benzene rings is 1. The van der Waals surface area contributed by atoms with E-state index in [1.54, 1.807) is 11.1 Å². The number of aromatic nitrogens is 2. The van der Waals surface area contributed by atoms with E-state index in [-0.39, 0.29) is 37.7 Å². The second-order valence-electron chi connectivity index (χ2n) is 9.49. The molecule has 1 atom stereocenters. The van der Waals surface area contributed by atoms with Crippen LogP contribution in [0.1, 0.15) is 51.4 Å². The summed E-state index contributed by atoms with van der Waals surface area (Å²) in [5, 5.41) is 7.76. The highest BCUT2D eigenvalue weighted by Gasteiger charge is 2.52. The number of aromatic amines is 1. The lowest BCUT2D eigenvalue weighted by atomic mass is 9.89. The SMILES string of the molecule is O=C(NNc1cccc2[nH]ncc12)[C@H]1CCCN1C(=O)C1(N2CCC(F)(F)CC2)CCCC1. The lowest BCUT2D eigenvalue weighted by Gasteiger charge is -2.46. The number of carbonyl (C=O) groups is 2. The summed E-state index contributed by atoms with van der Waals surface area (Å²) < 4.78 is 27.5. The molecule has 33 heavy (non-hydrogen) atoms. The molecule has 1 saturated carbocycles. The molecular formula is C23H30F2N6O2. The Labute approximate surface area is 191 Å². The Morgan fingerprint density at radius 2 is 1.82 bits per heavy atom. The van der Waals surface area contributed by atoms with Crippen LogP contribution in [-0.2, 0) is 9.59 Å². The van der Waals surface area contributed by atoms with Crippen LogP contribution in [0.3, 0.4) is 0 Å². The van der Waals surface area contributed by atoms with Gasteiger partial charge in [-0.05, 0) is 37.8 Å². The fourth-order valence-corrected chi connectivity index (χ4v) is 5.73. The van der Waals surface area contributed by atoms with Crippen LogP contribution >= 0.6 is 0 Å². The maximum atomic E-state index is 13.8. The number of fused-ring (bicyclic) bond motifs is 1. The van der Waals surface area contributed by atoms with Crippen molar-refractivity contribution in [2.45, 2.75) is 68.9 Å². The number of anilines is 1. The number of nitrogens with zero attached hydrogens (tertiary/aromatic N) is 3. The van der Waals surface area contributed by atoms with E-state index in [0.29, 0.717) is 31.5 Å². The minimum atomic E-state index is -2.65. The van der Waals surface area contributed by atoms with Gasteiger partial charge in [0.05, 0.1) is 17.4 Å². The molecule has 3 N–H and O–H groups in total. The molecule has 5 rings (SSSR count). The molecule has 0 spiro atoms. The number of hydrogen-bond acceptors (Lipinski definition) is 5. The van der Waals surface area contributed by atoms with Crippen LogP contribution in [0.5, 0.6) is 0 Å². The first-order valence-electron chi connectivity index (χ1n) is 11.8. The van der Waals surface area contributed by atoms with Crippen LogP contribution in [0.4, 0.5) is 14.5 Å². The van der Waals surface area contributed by atoms with Crippen molar-refractivity contribution >= 4 is 28.4 Å². The molecule has 1 aromatic heterocycles. The number of nitrogens with one attached hydrogen (secondary N) is 3. The molecule has 0 bridgehead atoms. The molecule has 3 heterocycles. The summed E-state index contributed by atoms with van der Waals surface area (Å²) in [4.78, 5) is 30.6. The van der Waals surface area contributed by atoms with Gasteiger partial charge in [-0.1, -0.05) is 18.9 Å². The van der Waals surface area contributed by atoms with Crippen molar-refractivity contribution in [2.75, 3.05) is 25.1 Å². The summed E-state index contributed by atoms with van der Waals surface area (Å²) in [6.45, 7) is 0.958. The number of likely N-dealkylation sites (tertiary alicyclic amines) is 2. The molecule has 10 heteroatoms. The topological polar surface area (TPSA) is 93.4 Å². The third-order valence-corrected chi connectivity index (χ3v) is 7.55. The van der Waals surface area contributed by atoms with Crippen molar-refractivity contribution < 1.29 is 18.4 Å². The fraction of sp³-hybridized carbons (Fsp3) is 0.609. The second kappa shape index (κ2) is 8.55. The number of carbonyl (C=O) groups excluding carboxylic acids is 2. The molecule has 2 aromatic rings. The number of hydrazine groups is 1. The zero-order valence-corrected chi connectivity index (χ0v) is 18.6. The van der Waals surface area contributed by atoms with Crippen molar-refractivity contribution in [3.05, 3.63) is 24.4 Å². The predicted molar refractivity (Wildman–Crippen MR) is 120 cm³/mol. The van der Waals surface area contributed by atoms with Gasteiger partial charge in [-0.25, -0.2) is 8.78 Å². The first-order chi connectivity index (χ1) is 15.9. The molecule has 3 fully saturated rings. The Bertz CT molecular complexity index is 1020. The fourth-order valence-electron chi connectivity index (χ4n) is 5.73. The maximum Gasteiger partial charge on any atom is 0.261 e. The first-order valence-corrected chi connectivity index (χ1v) is 11.8. The van der Waals surface area contributed by atoms with Crippen molar-refractivity contribution in [1.82, 2.24) is 25.4 Å². The Kier molecular flexibility index (Phi) is 5.72. The highest BCUT2D eigenvalue weighted by atomic mass is 19.3. The van der Waals surface area contributed by atoms with E-state index in [4.69, 9.17) is 0 Å². The van der Waals surface area contributed by atoms with Crippen LogP contribution in [0.15, 0.2) is 24.4 Å². The summed E-state index contributed by atoms with van der Waals surface area (Å²) in [5.41, 5.74) is 6.54. The van der Waals surface area contributed by atoms with E-state index in [0.717, 1.165) is 30.2 Å². The van der Waals surface area contributed by atoms with E-state index in [2.05, 4.69) is 21.0 Å². The monoisotopic (exact) mass is 460 g/mol. The lowest BCUT2D eigenvalue weighted by molar-refractivity contribution is -0.153. The van der Waals surface area contributed by atoms with E-state index >= 15 is 0 Å². The zero-order valence-electron chi connectivity index (χ0n) is 18.6. The largest absolute Gasteiger partial charge is 0.329 e. The molecule has 3 aliphatic rings. The molecule has 0 radical (unpaired) electrons. The summed E-state index contributed by atoms with van der Waals surface area (Å²) in [6.07, 6.45) is 5.73. The standard InChI is InChI=1S/C23H30F2N6O2/c24-23(25)10-13-30(14-11-23)22(8-1-2-9-22)21(33)31-12-4-7-19(31)20(32)29-28-18-6-3-5-17-16(18)15-26-27-17/h3,5-6,15,19,28H,1-2,4,7-14H2,(H,26,27)(H,29,32)/t19-/m1/s1. The number of halogens is 2. The van der Waals surface area contributed by atoms with Gasteiger partial charge >= 0.3 is 0 Å². The average molecular weight is 461 g/mol. The summed E-state index contributed by atoms with van der Waals surface area (Å²) in [5.74, 6) is -2.99. The number of rotatable bonds is 5. The van der Waals surface area contributed by atoms with Gasteiger partial charge in [0.1, 0.15) is 11.6 Å². The molecular weight excluding hydrogens is 430 g/mol. The normalized spacial score (nSPS) is 24.8. The van der Waals surface area contributed by atoms with Gasteiger partial charge in [0, 0.05) is 37.9 Å². The lowest BCUT2D eigenvalue weighted by Crippen LogP contribution is -2.62. The number of hydrogen-bond donors (Lipinski definition) is 3. The Balaban J connectivity index is 1.29. The summed E-state index contributed by atoms with van der Waals surface area (Å²) in [7, 11) is 0. The Morgan fingerprint density at radius 3 is 2.58 bits per heavy atom. The molecule has 178 valence electrons. The smallest absolute Gasteiger partial charge is 0.261 e. The number of amides is 2. The van der Waals surface area contributed by atoms with Crippen LogP contribution in [0, 0.1) is 0 Å². The van der Waals surface area contributed by atoms with Gasteiger partial charge in [0.15, 0.2) is 0 Å². The Hall–Kier alpha value is -2.75. The second-order valence-corrected chi connectivity index (χ2v) is 9.49. The minimum absolute atomic E-state index is 0.0696. The van der Waals surface area contributed by atoms with Gasteiger partial charge in [0.25, 0.3) is 11.8 Å². The van der Waals surface area contributed by atoms with Gasteiger partial charge in [0.2, 0.25) is 5.91 Å². The van der Waals surface area contributed by atoms with Crippen molar-refractivity contribution in [3.63, 3.8) is 0 Å². The van der Waals surface area contributed by atoms with Crippen molar-refractivity contribution in [2.24, 2.45) is 0 Å². The first kappa shape index (κ1) is 22.1. The van der Waals surface area contributed by atoms with Crippen LogP contribution in [0.2, 0.25) is 0 Å². The third-order valence-electron chi connectivity index (χ3n) is 7.55. The Morgan fingerprint density at radius 1 is 1.06 bits per heavy atom. The summed E-state index contributed by atoms with van der Waals surface area (Å²) >= 11 is 0. The highest BCUT2D eigenvalue weighted by molar-refractivity contribution is 5.95. The van der Waals surface area contributed by atoms with Crippen LogP contribution in [-0.4, -0.2) is 68.9 Å². The van der Waals surface area contributed by atoms with Gasteiger partial charge < -0.3 is 4.90 Å². The zero-order chi connectivity index (χ0) is 23.1. The van der Waals surface area contributed by atoms with E-state index in [9.17, 15) is 18.4 Å². The van der Waals surface area contributed by atoms with Gasteiger partial charge in [-0.15, -0.1) is 0 Å². The van der Waals surface area contributed by atoms with Crippen molar-refractivity contribution in [3.8, 4) is 0 Å². The van der Waals surface area contributed by atoms with E-state index in [1.807, 2.05) is 23.1 Å². The van der Waals surface area contributed by atoms with Crippen molar-refractivity contribution in [1.29, 1.82) is 0 Å². The maximum absolute atomic E-state index is 13.8. The molecule has 8 nitrogen and oxygen atoms in total. The van der Waals surface area contributed by atoms with E-state index in [1.165, 1.54) is 0 Å². The molecule has 2 amide bonds. The van der Waals surface area contributed by atoms with Gasteiger partial charge in [-0.2, -0.15) is 5.10 Å². The summed E-state index contributed by atoms with van der Waals surface area (Å²) in [6, 6.07) is 5.02. The molecule has 1 aliphatic carbocycles. The quantitative estimate of drug-likeness (QED) is 0.597. The van der Waals surface area contributed by atoms with E-state index < -0.39 is 17.5 Å². The molecule has 1 aromatic carbocycles. The predicted octanol–water partition coefficient (Wildman–Crippen LogP) is 3.04. The third kappa shape index (κ3) is 4.05. The van der Waals surface area contributed by atoms with Crippen LogP contribution in [0.25, 0.3) is 10.9 Å². The minimum Gasteiger partial charge on any atom is -0.329 e. The number of piperidine rings is 1. The highest BCUT2D eigenvalue weighted by Crippen LogP contribution is 2.42. The average Bonchev–Trinajstić information content (AvgIpc) is 3.57. The molecule has 2 aliphatic heterocycles. The molecule has 2 saturated heterocycles. The number of alkyl halides is 2. The van der Waals surface area contributed by atoms with Gasteiger partial charge in [-0.3, -0.25) is 30.4 Å².